The van der Waals surface area contributed by atoms with Crippen molar-refractivity contribution < 1.29 is 18.5 Å². The van der Waals surface area contributed by atoms with Crippen molar-refractivity contribution in [2.75, 3.05) is 13.7 Å². The molecule has 3 heterocycles. The average Bonchev–Trinajstić information content (AvgIpc) is 3.40. The zero-order valence-electron chi connectivity index (χ0n) is 16.5. The van der Waals surface area contributed by atoms with Gasteiger partial charge >= 0.3 is 6.03 Å². The van der Waals surface area contributed by atoms with E-state index in [0.717, 1.165) is 42.8 Å². The quantitative estimate of drug-likeness (QED) is 0.673. The summed E-state index contributed by atoms with van der Waals surface area (Å²) in [7, 11) is 1.63. The van der Waals surface area contributed by atoms with Crippen molar-refractivity contribution >= 4 is 6.03 Å². The summed E-state index contributed by atoms with van der Waals surface area (Å²) < 4.78 is 16.2. The number of nitrogens with one attached hydrogen (secondary N) is 1. The summed E-state index contributed by atoms with van der Waals surface area (Å²) >= 11 is 0. The molecule has 0 radical (unpaired) electrons. The van der Waals surface area contributed by atoms with Gasteiger partial charge in [-0.3, -0.25) is 0 Å². The highest BCUT2D eigenvalue weighted by Gasteiger charge is 2.28. The van der Waals surface area contributed by atoms with Crippen LogP contribution < -0.4 is 10.1 Å². The third-order valence-corrected chi connectivity index (χ3v) is 5.22. The zero-order chi connectivity index (χ0) is 20.1. The average molecular weight is 395 g/mol. The van der Waals surface area contributed by atoms with E-state index >= 15 is 0 Å². The van der Waals surface area contributed by atoms with E-state index < -0.39 is 0 Å². The summed E-state index contributed by atoms with van der Waals surface area (Å²) in [6.45, 7) is 0.986. The molecule has 0 bridgehead atoms. The van der Waals surface area contributed by atoms with Gasteiger partial charge in [0.2, 0.25) is 0 Å². The summed E-state index contributed by atoms with van der Waals surface area (Å²) in [6.07, 6.45) is 5.76. The highest BCUT2D eigenvalue weighted by molar-refractivity contribution is 5.74. The Morgan fingerprint density at radius 3 is 3.00 bits per heavy atom. The zero-order valence-corrected chi connectivity index (χ0v) is 16.5. The van der Waals surface area contributed by atoms with Crippen LogP contribution >= 0.6 is 0 Å². The lowest BCUT2D eigenvalue weighted by Crippen LogP contribution is -2.41. The van der Waals surface area contributed by atoms with E-state index in [2.05, 4.69) is 10.5 Å². The molecule has 1 N–H and O–H groups in total. The number of hydrogen-bond donors (Lipinski definition) is 1. The second-order valence-corrected chi connectivity index (χ2v) is 7.14. The van der Waals surface area contributed by atoms with Crippen molar-refractivity contribution in [1.82, 2.24) is 15.4 Å². The molecule has 0 aliphatic carbocycles. The molecule has 29 heavy (non-hydrogen) atoms. The van der Waals surface area contributed by atoms with E-state index in [1.165, 1.54) is 0 Å². The Morgan fingerprint density at radius 2 is 2.17 bits per heavy atom. The maximum absolute atomic E-state index is 12.9. The van der Waals surface area contributed by atoms with Crippen molar-refractivity contribution in [3.05, 3.63) is 60.2 Å². The van der Waals surface area contributed by atoms with Crippen LogP contribution in [0.4, 0.5) is 4.79 Å². The predicted molar refractivity (Wildman–Crippen MR) is 107 cm³/mol. The van der Waals surface area contributed by atoms with Gasteiger partial charge < -0.3 is 23.9 Å². The fourth-order valence-electron chi connectivity index (χ4n) is 3.71. The minimum Gasteiger partial charge on any atom is -0.497 e. The fraction of sp³-hybridized carbons (Fsp3) is 0.364. The number of urea groups is 1. The van der Waals surface area contributed by atoms with Crippen LogP contribution in [0, 0.1) is 0 Å². The number of amides is 2. The summed E-state index contributed by atoms with van der Waals surface area (Å²) in [5.74, 6) is 2.19. The molecule has 2 amide bonds. The molecule has 1 saturated heterocycles. The van der Waals surface area contributed by atoms with Crippen molar-refractivity contribution in [1.29, 1.82) is 0 Å². The predicted octanol–water partition coefficient (Wildman–Crippen LogP) is 4.77. The first-order valence-electron chi connectivity index (χ1n) is 9.92. The summed E-state index contributed by atoms with van der Waals surface area (Å²) in [6, 6.07) is 13.1. The van der Waals surface area contributed by atoms with Crippen LogP contribution in [-0.2, 0) is 6.54 Å². The van der Waals surface area contributed by atoms with Gasteiger partial charge in [0.25, 0.3) is 0 Å². The largest absolute Gasteiger partial charge is 0.497 e. The van der Waals surface area contributed by atoms with Gasteiger partial charge in [0.1, 0.15) is 17.2 Å². The molecule has 3 aromatic rings. The maximum atomic E-state index is 12.9. The lowest BCUT2D eigenvalue weighted by atomic mass is 10.1. The van der Waals surface area contributed by atoms with Crippen molar-refractivity contribution in [3.8, 4) is 17.0 Å². The van der Waals surface area contributed by atoms with E-state index in [1.54, 1.807) is 13.4 Å². The molecular formula is C22H25N3O4. The van der Waals surface area contributed by atoms with Crippen LogP contribution in [0.2, 0.25) is 0 Å². The lowest BCUT2D eigenvalue weighted by molar-refractivity contribution is 0.165. The first-order valence-corrected chi connectivity index (χ1v) is 9.92. The summed E-state index contributed by atoms with van der Waals surface area (Å²) in [5.41, 5.74) is 1.60. The van der Waals surface area contributed by atoms with Crippen LogP contribution in [0.3, 0.4) is 0 Å². The maximum Gasteiger partial charge on any atom is 0.318 e. The van der Waals surface area contributed by atoms with Crippen LogP contribution in [0.5, 0.6) is 5.75 Å². The van der Waals surface area contributed by atoms with Gasteiger partial charge in [0.05, 0.1) is 26.0 Å². The minimum absolute atomic E-state index is 0.0328. The summed E-state index contributed by atoms with van der Waals surface area (Å²) in [4.78, 5) is 14.8. The number of benzene rings is 1. The third kappa shape index (κ3) is 4.45. The normalized spacial score (nSPS) is 17.0. The van der Waals surface area contributed by atoms with Crippen LogP contribution in [0.25, 0.3) is 11.3 Å². The van der Waals surface area contributed by atoms with Crippen molar-refractivity contribution in [2.45, 2.75) is 38.3 Å². The molecular weight excluding hydrogens is 370 g/mol. The number of furan rings is 1. The lowest BCUT2D eigenvalue weighted by Gasteiger charge is -2.28. The Labute approximate surface area is 169 Å². The molecule has 1 aromatic carbocycles. The minimum atomic E-state index is -0.118. The number of hydrogen-bond acceptors (Lipinski definition) is 5. The smallest absolute Gasteiger partial charge is 0.318 e. The highest BCUT2D eigenvalue weighted by atomic mass is 16.5. The molecule has 1 aliphatic heterocycles. The van der Waals surface area contributed by atoms with Gasteiger partial charge in [0.15, 0.2) is 5.76 Å². The topological polar surface area (TPSA) is 80.7 Å². The molecule has 1 atom stereocenters. The van der Waals surface area contributed by atoms with Gasteiger partial charge in [-0.1, -0.05) is 30.1 Å². The van der Waals surface area contributed by atoms with Gasteiger partial charge in [-0.2, -0.15) is 0 Å². The number of nitrogens with zero attached hydrogens (tertiary/aromatic N) is 2. The van der Waals surface area contributed by atoms with E-state index in [1.807, 2.05) is 47.4 Å². The van der Waals surface area contributed by atoms with E-state index in [9.17, 15) is 4.79 Å². The first-order chi connectivity index (χ1) is 14.2. The monoisotopic (exact) mass is 395 g/mol. The summed E-state index contributed by atoms with van der Waals surface area (Å²) in [5, 5.41) is 7.08. The Hall–Kier alpha value is -3.22. The van der Waals surface area contributed by atoms with E-state index in [4.69, 9.17) is 13.7 Å². The number of carbonyl (C=O) groups is 1. The van der Waals surface area contributed by atoms with E-state index in [0.29, 0.717) is 18.0 Å². The van der Waals surface area contributed by atoms with E-state index in [-0.39, 0.29) is 18.6 Å². The van der Waals surface area contributed by atoms with Gasteiger partial charge in [-0.25, -0.2) is 4.79 Å². The fourth-order valence-corrected chi connectivity index (χ4v) is 3.71. The number of rotatable bonds is 5. The van der Waals surface area contributed by atoms with Crippen LogP contribution in [-0.4, -0.2) is 29.7 Å². The molecule has 152 valence electrons. The molecule has 0 spiro atoms. The van der Waals surface area contributed by atoms with Gasteiger partial charge in [-0.05, 0) is 37.1 Å². The molecule has 7 heteroatoms. The number of aromatic nitrogens is 1. The molecule has 0 saturated carbocycles. The number of carbonyl (C=O) groups excluding carboxylic acids is 1. The molecule has 7 nitrogen and oxygen atoms in total. The number of likely N-dealkylation sites (tertiary alicyclic amines) is 1. The standard InChI is InChI=1S/C22H25N3O4/c1-27-17-8-5-7-16(13-17)19-14-18(29-24-19)15-23-22(26)25-11-4-2-3-9-20(25)21-10-6-12-28-21/h5-8,10,12-14,20H,2-4,9,11,15H2,1H3,(H,23,26). The number of ether oxygens (including phenoxy) is 1. The molecule has 1 fully saturated rings. The molecule has 4 rings (SSSR count). The second-order valence-electron chi connectivity index (χ2n) is 7.14. The Bertz CT molecular complexity index is 935. The third-order valence-electron chi connectivity index (χ3n) is 5.22. The number of methoxy groups -OCH3 is 1. The van der Waals surface area contributed by atoms with Crippen LogP contribution in [0.1, 0.15) is 43.2 Å². The highest BCUT2D eigenvalue weighted by Crippen LogP contribution is 2.30. The van der Waals surface area contributed by atoms with Gasteiger partial charge in [0, 0.05) is 18.2 Å². The SMILES string of the molecule is COc1cccc(-c2cc(CNC(=O)N3CCCCCC3c3ccco3)on2)c1. The van der Waals surface area contributed by atoms with Crippen molar-refractivity contribution in [2.24, 2.45) is 0 Å². The second kappa shape index (κ2) is 8.86. The van der Waals surface area contributed by atoms with Gasteiger partial charge in [-0.15, -0.1) is 0 Å². The Kier molecular flexibility index (Phi) is 5.84. The molecule has 1 unspecified atom stereocenters. The molecule has 2 aromatic heterocycles. The Morgan fingerprint density at radius 1 is 1.24 bits per heavy atom. The first kappa shape index (κ1) is 19.1. The van der Waals surface area contributed by atoms with Crippen molar-refractivity contribution in [3.63, 3.8) is 0 Å². The van der Waals surface area contributed by atoms with Crippen LogP contribution in [0.15, 0.2) is 57.7 Å². The Balaban J connectivity index is 1.41. The molecule has 1 aliphatic rings.